The summed E-state index contributed by atoms with van der Waals surface area (Å²) in [5.41, 5.74) is 8.72. The van der Waals surface area contributed by atoms with Gasteiger partial charge in [0.05, 0.1) is 5.52 Å². The average molecular weight is 398 g/mol. The van der Waals surface area contributed by atoms with Gasteiger partial charge < -0.3 is 16.0 Å². The highest BCUT2D eigenvalue weighted by atomic mass is 19.4. The Balaban J connectivity index is 1.59. The number of H-pyrrole nitrogens is 1. The maximum absolute atomic E-state index is 13.5. The van der Waals surface area contributed by atoms with Gasteiger partial charge in [0, 0.05) is 40.4 Å². The third kappa shape index (κ3) is 3.22. The lowest BCUT2D eigenvalue weighted by Crippen LogP contribution is -2.38. The van der Waals surface area contributed by atoms with Gasteiger partial charge in [-0.05, 0) is 36.5 Å². The molecule has 4 aromatic rings. The minimum absolute atomic E-state index is 0.192. The summed E-state index contributed by atoms with van der Waals surface area (Å²) in [4.78, 5) is 15.5. The number of aromatic nitrogens is 4. The van der Waals surface area contributed by atoms with Crippen LogP contribution in [0.4, 0.5) is 24.9 Å². The minimum atomic E-state index is -4.32. The maximum atomic E-state index is 13.5. The van der Waals surface area contributed by atoms with Crippen molar-refractivity contribution in [2.45, 2.75) is 25.1 Å². The van der Waals surface area contributed by atoms with Crippen LogP contribution < -0.4 is 11.1 Å². The first-order chi connectivity index (χ1) is 13.9. The molecule has 1 saturated carbocycles. The lowest BCUT2D eigenvalue weighted by atomic mass is 10.1. The van der Waals surface area contributed by atoms with E-state index in [0.717, 1.165) is 27.5 Å². The lowest BCUT2D eigenvalue weighted by molar-refractivity contribution is -0.146. The number of benzene rings is 1. The fraction of sp³-hybridized carbons (Fsp3) is 0.250. The molecule has 3 aromatic heterocycles. The molecule has 0 aliphatic heterocycles. The molecule has 3 heterocycles. The molecule has 9 heteroatoms. The molecule has 1 aliphatic rings. The third-order valence-electron chi connectivity index (χ3n) is 5.25. The molecule has 29 heavy (non-hydrogen) atoms. The van der Waals surface area contributed by atoms with Crippen molar-refractivity contribution in [3.8, 4) is 11.1 Å². The molecule has 1 aliphatic carbocycles. The van der Waals surface area contributed by atoms with Gasteiger partial charge >= 0.3 is 6.18 Å². The Morgan fingerprint density at radius 1 is 1.03 bits per heavy atom. The Bertz CT molecular complexity index is 1190. The van der Waals surface area contributed by atoms with E-state index in [1.54, 1.807) is 18.5 Å². The number of nitrogen functional groups attached to an aromatic ring is 1. The average Bonchev–Trinajstić information content (AvgIpc) is 3.44. The highest BCUT2D eigenvalue weighted by Gasteiger charge is 2.49. The highest BCUT2D eigenvalue weighted by molar-refractivity contribution is 6.13. The van der Waals surface area contributed by atoms with Crippen LogP contribution >= 0.6 is 0 Å². The van der Waals surface area contributed by atoms with Crippen LogP contribution in [0.5, 0.6) is 0 Å². The van der Waals surface area contributed by atoms with Gasteiger partial charge in [-0.2, -0.15) is 13.2 Å². The second-order valence-electron chi connectivity index (χ2n) is 7.30. The number of nitrogens with two attached hydrogens (primary N) is 1. The van der Waals surface area contributed by atoms with E-state index < -0.39 is 18.1 Å². The van der Waals surface area contributed by atoms with Crippen LogP contribution in [0.25, 0.3) is 32.9 Å². The molecule has 0 spiro atoms. The number of halogens is 3. The normalized spacial score (nSPS) is 15.7. The summed E-state index contributed by atoms with van der Waals surface area (Å²) in [7, 11) is 0. The molecule has 6 nitrogen and oxygen atoms in total. The zero-order valence-corrected chi connectivity index (χ0v) is 15.2. The van der Waals surface area contributed by atoms with Crippen LogP contribution in [0.15, 0.2) is 42.9 Å². The number of nitrogens with one attached hydrogen (secondary N) is 2. The molecule has 0 unspecified atom stereocenters. The topological polar surface area (TPSA) is 92.5 Å². The number of hydrogen-bond donors (Lipinski definition) is 3. The van der Waals surface area contributed by atoms with Gasteiger partial charge in [-0.15, -0.1) is 0 Å². The monoisotopic (exact) mass is 398 g/mol. The molecule has 1 aromatic carbocycles. The number of aromatic amines is 1. The second kappa shape index (κ2) is 6.33. The van der Waals surface area contributed by atoms with Crippen molar-refractivity contribution in [1.29, 1.82) is 0 Å². The number of alkyl halides is 3. The molecule has 0 saturated heterocycles. The minimum Gasteiger partial charge on any atom is -0.368 e. The van der Waals surface area contributed by atoms with E-state index in [9.17, 15) is 13.2 Å². The van der Waals surface area contributed by atoms with Crippen LogP contribution in [0.3, 0.4) is 0 Å². The first-order valence-corrected chi connectivity index (χ1v) is 9.22. The summed E-state index contributed by atoms with van der Waals surface area (Å²) >= 11 is 0. The van der Waals surface area contributed by atoms with Gasteiger partial charge in [0.1, 0.15) is 11.9 Å². The number of pyridine rings is 1. The summed E-state index contributed by atoms with van der Waals surface area (Å²) in [5.74, 6) is 0.0398. The van der Waals surface area contributed by atoms with Crippen molar-refractivity contribution in [3.05, 3.63) is 42.9 Å². The van der Waals surface area contributed by atoms with E-state index in [4.69, 9.17) is 5.73 Å². The van der Waals surface area contributed by atoms with Gasteiger partial charge in [0.15, 0.2) is 0 Å². The maximum Gasteiger partial charge on any atom is 0.408 e. The Morgan fingerprint density at radius 2 is 1.79 bits per heavy atom. The number of rotatable bonds is 4. The molecule has 0 bridgehead atoms. The van der Waals surface area contributed by atoms with Gasteiger partial charge in [-0.3, -0.25) is 0 Å². The summed E-state index contributed by atoms with van der Waals surface area (Å²) in [5, 5.41) is 4.11. The van der Waals surface area contributed by atoms with Crippen molar-refractivity contribution in [3.63, 3.8) is 0 Å². The fourth-order valence-electron chi connectivity index (χ4n) is 3.67. The third-order valence-corrected chi connectivity index (χ3v) is 5.25. The van der Waals surface area contributed by atoms with E-state index in [0.29, 0.717) is 18.2 Å². The smallest absolute Gasteiger partial charge is 0.368 e. The molecule has 0 radical (unpaired) electrons. The molecule has 148 valence electrons. The quantitative estimate of drug-likeness (QED) is 0.470. The van der Waals surface area contributed by atoms with Gasteiger partial charge in [-0.1, -0.05) is 12.1 Å². The number of anilines is 2. The predicted octanol–water partition coefficient (Wildman–Crippen LogP) is 4.51. The van der Waals surface area contributed by atoms with E-state index in [-0.39, 0.29) is 11.8 Å². The predicted molar refractivity (Wildman–Crippen MR) is 105 cm³/mol. The van der Waals surface area contributed by atoms with Crippen molar-refractivity contribution < 1.29 is 13.2 Å². The van der Waals surface area contributed by atoms with Crippen LogP contribution in [-0.2, 0) is 0 Å². The first kappa shape index (κ1) is 17.7. The number of nitrogens with zero attached hydrogens (tertiary/aromatic N) is 3. The Labute approximate surface area is 163 Å². The largest absolute Gasteiger partial charge is 0.408 e. The molecule has 4 N–H and O–H groups in total. The van der Waals surface area contributed by atoms with Crippen LogP contribution in [0.2, 0.25) is 0 Å². The number of fused-ring (bicyclic) bond motifs is 3. The van der Waals surface area contributed by atoms with Gasteiger partial charge in [0.25, 0.3) is 0 Å². The zero-order chi connectivity index (χ0) is 20.2. The molecule has 1 atom stereocenters. The Morgan fingerprint density at radius 3 is 2.48 bits per heavy atom. The zero-order valence-electron chi connectivity index (χ0n) is 15.2. The van der Waals surface area contributed by atoms with E-state index >= 15 is 0 Å². The van der Waals surface area contributed by atoms with Crippen molar-refractivity contribution in [2.75, 3.05) is 11.1 Å². The van der Waals surface area contributed by atoms with Crippen molar-refractivity contribution in [1.82, 2.24) is 19.9 Å². The summed E-state index contributed by atoms with van der Waals surface area (Å²) in [6.07, 6.45) is 1.60. The molecular formula is C20H17F3N6. The second-order valence-corrected chi connectivity index (χ2v) is 7.30. The van der Waals surface area contributed by atoms with E-state index in [1.807, 2.05) is 18.2 Å². The lowest BCUT2D eigenvalue weighted by Gasteiger charge is -2.22. The Hall–Kier alpha value is -3.36. The van der Waals surface area contributed by atoms with E-state index in [2.05, 4.69) is 25.3 Å². The Kier molecular flexibility index (Phi) is 3.87. The van der Waals surface area contributed by atoms with Gasteiger partial charge in [0.2, 0.25) is 5.95 Å². The van der Waals surface area contributed by atoms with Crippen LogP contribution in [-0.4, -0.2) is 32.2 Å². The van der Waals surface area contributed by atoms with Crippen LogP contribution in [0.1, 0.15) is 12.8 Å². The SMILES string of the molecule is Nc1ncc(-c2ccc3c(c2)[nH]c2ccnc(N[C@H](C4CC4)C(F)(F)F)c23)cn1. The number of hydrogen-bond acceptors (Lipinski definition) is 5. The summed E-state index contributed by atoms with van der Waals surface area (Å²) in [6.45, 7) is 0. The van der Waals surface area contributed by atoms with Crippen molar-refractivity contribution >= 4 is 33.6 Å². The molecular weight excluding hydrogens is 381 g/mol. The summed E-state index contributed by atoms with van der Waals surface area (Å²) < 4.78 is 40.5. The van der Waals surface area contributed by atoms with Crippen molar-refractivity contribution in [2.24, 2.45) is 5.92 Å². The van der Waals surface area contributed by atoms with Crippen LogP contribution in [0, 0.1) is 5.92 Å². The molecule has 1 fully saturated rings. The first-order valence-electron chi connectivity index (χ1n) is 9.22. The van der Waals surface area contributed by atoms with E-state index in [1.165, 1.54) is 6.20 Å². The molecule has 0 amide bonds. The summed E-state index contributed by atoms with van der Waals surface area (Å²) in [6, 6.07) is 5.83. The molecule has 5 rings (SSSR count). The highest BCUT2D eigenvalue weighted by Crippen LogP contribution is 2.43. The standard InChI is InChI=1S/C20H17F3N6/c21-20(22,23)17(10-1-2-10)29-18-16-13-4-3-11(12-8-26-19(24)27-9-12)7-15(13)28-14(16)5-6-25-18/h3-10,17,28H,1-2H2,(H,25,29)(H2,24,26,27)/t17-/m1/s1. The van der Waals surface area contributed by atoms with Gasteiger partial charge in [-0.25, -0.2) is 15.0 Å². The fourth-order valence-corrected chi connectivity index (χ4v) is 3.67.